The molecule has 0 amide bonds. The fourth-order valence-electron chi connectivity index (χ4n) is 14.1. The van der Waals surface area contributed by atoms with E-state index in [1.165, 1.54) is 0 Å². The summed E-state index contributed by atoms with van der Waals surface area (Å²) in [5, 5.41) is 183. The van der Waals surface area contributed by atoms with E-state index in [1.54, 1.807) is 6.92 Å². The van der Waals surface area contributed by atoms with Gasteiger partial charge in [-0.1, -0.05) is 33.8 Å². The van der Waals surface area contributed by atoms with E-state index in [9.17, 15) is 86.8 Å². The van der Waals surface area contributed by atoms with E-state index >= 15 is 0 Å². The molecule has 5 saturated heterocycles. The summed E-state index contributed by atoms with van der Waals surface area (Å²) >= 11 is 0. The highest BCUT2D eigenvalue weighted by atomic mass is 16.8. The summed E-state index contributed by atoms with van der Waals surface area (Å²) in [6.45, 7) is 8.85. The van der Waals surface area contributed by atoms with Crippen molar-refractivity contribution < 1.29 is 134 Å². The van der Waals surface area contributed by atoms with Gasteiger partial charge in [-0.3, -0.25) is 0 Å². The van der Waals surface area contributed by atoms with Gasteiger partial charge in [0.25, 0.3) is 0 Å². The summed E-state index contributed by atoms with van der Waals surface area (Å²) in [5.41, 5.74) is -2.66. The number of aliphatic hydroxyl groups is 17. The van der Waals surface area contributed by atoms with E-state index in [1.807, 2.05) is 6.92 Å². The number of hydrogen-bond acceptors (Lipinski definition) is 27. The molecule has 0 aromatic heterocycles. The number of ether oxygens (including phenoxy) is 10. The van der Waals surface area contributed by atoms with Gasteiger partial charge < -0.3 is 134 Å². The van der Waals surface area contributed by atoms with E-state index in [-0.39, 0.29) is 18.3 Å². The molecule has 0 aromatic carbocycles. The average molecular weight is 1120 g/mol. The number of fused-ring (bicyclic) bond motifs is 3. The molecule has 0 aromatic rings. The lowest BCUT2D eigenvalue weighted by Crippen LogP contribution is -2.67. The van der Waals surface area contributed by atoms with Crippen LogP contribution in [-0.2, 0) is 47.4 Å². The monoisotopic (exact) mass is 1120 g/mol. The predicted octanol–water partition coefficient (Wildman–Crippen LogP) is -6.22. The molecule has 8 fully saturated rings. The zero-order chi connectivity index (χ0) is 56.4. The third-order valence-electron chi connectivity index (χ3n) is 18.8. The molecule has 27 heteroatoms. The first-order chi connectivity index (χ1) is 36.2. The minimum absolute atomic E-state index is 0.0880. The average Bonchev–Trinajstić information content (AvgIpc) is 3.53. The molecule has 3 aliphatic carbocycles. The molecule has 3 saturated carbocycles. The second kappa shape index (κ2) is 24.1. The highest BCUT2D eigenvalue weighted by molar-refractivity contribution is 5.21. The zero-order valence-corrected chi connectivity index (χ0v) is 43.7. The molecule has 5 aliphatic heterocycles. The Morgan fingerprint density at radius 1 is 0.506 bits per heavy atom. The van der Waals surface area contributed by atoms with Gasteiger partial charge in [-0.25, -0.2) is 0 Å². The van der Waals surface area contributed by atoms with Crippen molar-refractivity contribution in [3.63, 3.8) is 0 Å². The molecule has 8 aliphatic rings. The highest BCUT2D eigenvalue weighted by Crippen LogP contribution is 2.69. The van der Waals surface area contributed by atoms with E-state index in [2.05, 4.69) is 20.4 Å². The fourth-order valence-corrected chi connectivity index (χ4v) is 14.1. The van der Waals surface area contributed by atoms with E-state index in [4.69, 9.17) is 47.4 Å². The van der Waals surface area contributed by atoms with Crippen LogP contribution >= 0.6 is 0 Å². The number of rotatable bonds is 15. The first kappa shape index (κ1) is 61.7. The number of hydrogen-bond donors (Lipinski definition) is 17. The van der Waals surface area contributed by atoms with Gasteiger partial charge >= 0.3 is 0 Å². The Labute approximate surface area is 445 Å². The van der Waals surface area contributed by atoms with Crippen molar-refractivity contribution in [3.8, 4) is 0 Å². The lowest BCUT2D eigenvalue weighted by atomic mass is 9.42. The SMILES string of the molecule is C=C1C[C@@]2(C)CCC3[C@](C)(C(O)O[C@@H]4OC(CO)[C@@H](O)C(O)C4O[C@@H]4OC[C@@H](O)C(O)C4O)CCC[C@@]3(C)[C@@H]2CCC1(C)O[C@@H]1OC(CO)[C@@H](O)C(O[C@@H]2OC(CO)[C@H](O)C(O)C2O)C1O[C@@H]1OC(CO)[C@@H](O)C(O)C1O. The molecule has 77 heavy (non-hydrogen) atoms. The molecule has 31 atom stereocenters. The standard InChI is InChI=1S/C50H84O27/c1-19-13-47(2)11-7-26-48(3,9-6-10-49(26,4)46(67)76-44-39(34(63)30(59)23(16-53)71-44)74-41-35(64)27(56)20(55)18-68-41)25(47)8-12-50(19,5)77-45-40(75-43-37(66)33(62)29(58)22(15-52)70-43)38(31(60)24(17-54)72-45)73-42-36(65)32(61)28(57)21(14-51)69-42/h20-46,51-67H,1,6-18H2,2-5H3/t20-,21?,22?,23?,24?,25-,26?,27?,28+,29-,30-,31-,32?,33?,34?,35?,36?,37?,38?,39?,40?,41+,42+,43+,44+,45+,46?,47-,48+,49-,50?/m1/s1. The third kappa shape index (κ3) is 11.4. The van der Waals surface area contributed by atoms with Crippen LogP contribution in [-0.4, -0.2) is 279 Å². The Morgan fingerprint density at radius 2 is 0.987 bits per heavy atom. The maximum Gasteiger partial charge on any atom is 0.190 e. The van der Waals surface area contributed by atoms with Crippen molar-refractivity contribution in [1.29, 1.82) is 0 Å². The minimum atomic E-state index is -1.99. The van der Waals surface area contributed by atoms with Gasteiger partial charge in [-0.2, -0.15) is 0 Å². The fraction of sp³-hybridized carbons (Fsp3) is 0.960. The summed E-state index contributed by atoms with van der Waals surface area (Å²) in [5.74, 6) is -0.317. The van der Waals surface area contributed by atoms with Crippen LogP contribution in [0.2, 0.25) is 0 Å². The molecular formula is C50H84O27. The molecule has 17 unspecified atom stereocenters. The van der Waals surface area contributed by atoms with E-state index < -0.39 is 209 Å². The van der Waals surface area contributed by atoms with Crippen molar-refractivity contribution in [2.45, 2.75) is 238 Å². The van der Waals surface area contributed by atoms with Gasteiger partial charge in [0.2, 0.25) is 0 Å². The zero-order valence-electron chi connectivity index (χ0n) is 43.7. The van der Waals surface area contributed by atoms with Crippen molar-refractivity contribution >= 4 is 0 Å². The van der Waals surface area contributed by atoms with Gasteiger partial charge in [-0.15, -0.1) is 0 Å². The maximum absolute atomic E-state index is 12.3. The van der Waals surface area contributed by atoms with Crippen LogP contribution < -0.4 is 0 Å². The third-order valence-corrected chi connectivity index (χ3v) is 18.8. The van der Waals surface area contributed by atoms with Gasteiger partial charge in [0.05, 0.1) is 38.6 Å². The summed E-state index contributed by atoms with van der Waals surface area (Å²) in [6, 6.07) is 0. The van der Waals surface area contributed by atoms with Gasteiger partial charge in [0.1, 0.15) is 116 Å². The quantitative estimate of drug-likeness (QED) is 0.0536. The topological polar surface area (TPSA) is 436 Å². The Morgan fingerprint density at radius 3 is 1.56 bits per heavy atom. The first-order valence-electron chi connectivity index (χ1n) is 26.7. The van der Waals surface area contributed by atoms with Crippen LogP contribution in [0.1, 0.15) is 79.1 Å². The molecule has 5 heterocycles. The summed E-state index contributed by atoms with van der Waals surface area (Å²) in [7, 11) is 0. The second-order valence-electron chi connectivity index (χ2n) is 23.7. The van der Waals surface area contributed by atoms with E-state index in [0.29, 0.717) is 44.1 Å². The smallest absolute Gasteiger partial charge is 0.190 e. The normalized spacial score (nSPS) is 54.2. The second-order valence-corrected chi connectivity index (χ2v) is 23.7. The van der Waals surface area contributed by atoms with Crippen LogP contribution in [0, 0.1) is 28.1 Å². The lowest BCUT2D eigenvalue weighted by molar-refractivity contribution is -0.398. The van der Waals surface area contributed by atoms with Crippen LogP contribution in [0.15, 0.2) is 12.2 Å². The predicted molar refractivity (Wildman–Crippen MR) is 253 cm³/mol. The first-order valence-corrected chi connectivity index (χ1v) is 26.7. The van der Waals surface area contributed by atoms with Crippen LogP contribution in [0.25, 0.3) is 0 Å². The van der Waals surface area contributed by atoms with Crippen LogP contribution in [0.5, 0.6) is 0 Å². The Hall–Kier alpha value is -1.34. The Kier molecular flexibility index (Phi) is 19.3. The molecule has 0 bridgehead atoms. The minimum Gasteiger partial charge on any atom is -0.394 e. The maximum atomic E-state index is 12.3. The summed E-state index contributed by atoms with van der Waals surface area (Å²) in [6.07, 6.45) is -38.8. The van der Waals surface area contributed by atoms with Gasteiger partial charge in [0.15, 0.2) is 37.7 Å². The van der Waals surface area contributed by atoms with Crippen LogP contribution in [0.3, 0.4) is 0 Å². The Balaban J connectivity index is 1.06. The highest BCUT2D eigenvalue weighted by Gasteiger charge is 2.64. The van der Waals surface area contributed by atoms with Crippen molar-refractivity contribution in [2.75, 3.05) is 33.0 Å². The summed E-state index contributed by atoms with van der Waals surface area (Å²) in [4.78, 5) is 0. The molecular weight excluding hydrogens is 1030 g/mol. The molecule has 8 rings (SSSR count). The molecule has 27 nitrogen and oxygen atoms in total. The van der Waals surface area contributed by atoms with Crippen molar-refractivity contribution in [3.05, 3.63) is 12.2 Å². The molecule has 0 spiro atoms. The van der Waals surface area contributed by atoms with Crippen molar-refractivity contribution in [2.24, 2.45) is 28.1 Å². The molecule has 0 radical (unpaired) electrons. The molecule has 446 valence electrons. The van der Waals surface area contributed by atoms with Crippen LogP contribution in [0.4, 0.5) is 0 Å². The number of aliphatic hydroxyl groups excluding tert-OH is 17. The van der Waals surface area contributed by atoms with Gasteiger partial charge in [0, 0.05) is 5.41 Å². The summed E-state index contributed by atoms with van der Waals surface area (Å²) < 4.78 is 60.4. The Bertz CT molecular complexity index is 1960. The largest absolute Gasteiger partial charge is 0.394 e. The van der Waals surface area contributed by atoms with Gasteiger partial charge in [-0.05, 0) is 80.1 Å². The molecule has 17 N–H and O–H groups in total. The van der Waals surface area contributed by atoms with Crippen molar-refractivity contribution in [1.82, 2.24) is 0 Å². The lowest BCUT2D eigenvalue weighted by Gasteiger charge is -2.63. The van der Waals surface area contributed by atoms with E-state index in [0.717, 1.165) is 6.42 Å².